The van der Waals surface area contributed by atoms with Crippen molar-refractivity contribution >= 4 is 11.7 Å². The van der Waals surface area contributed by atoms with E-state index in [0.29, 0.717) is 11.1 Å². The number of esters is 1. The van der Waals surface area contributed by atoms with Crippen molar-refractivity contribution in [3.8, 4) is 0 Å². The molecule has 0 N–H and O–H groups in total. The SMILES string of the molecule is Cc1ccc(C(=O)OCc2ccccc2[N+](=O)[O-])cc1. The van der Waals surface area contributed by atoms with Gasteiger partial charge in [-0.25, -0.2) is 4.79 Å². The number of aryl methyl sites for hydroxylation is 1. The standard InChI is InChI=1S/C15H13NO4/c1-11-6-8-12(9-7-11)15(17)20-10-13-4-2-3-5-14(13)16(18)19/h2-9H,10H2,1H3. The second-order valence-electron chi connectivity index (χ2n) is 4.33. The average molecular weight is 271 g/mol. The Morgan fingerprint density at radius 3 is 2.45 bits per heavy atom. The molecule has 0 aliphatic heterocycles. The van der Waals surface area contributed by atoms with Crippen molar-refractivity contribution in [2.24, 2.45) is 0 Å². The molecule has 5 nitrogen and oxygen atoms in total. The van der Waals surface area contributed by atoms with Crippen LogP contribution >= 0.6 is 0 Å². The van der Waals surface area contributed by atoms with Gasteiger partial charge in [0.25, 0.3) is 5.69 Å². The lowest BCUT2D eigenvalue weighted by Gasteiger charge is -2.05. The maximum Gasteiger partial charge on any atom is 0.338 e. The first kappa shape index (κ1) is 13.7. The first-order valence-corrected chi connectivity index (χ1v) is 6.04. The summed E-state index contributed by atoms with van der Waals surface area (Å²) in [5, 5.41) is 10.8. The number of nitro benzene ring substituents is 1. The zero-order chi connectivity index (χ0) is 14.5. The highest BCUT2D eigenvalue weighted by atomic mass is 16.6. The average Bonchev–Trinajstić information content (AvgIpc) is 2.45. The van der Waals surface area contributed by atoms with Gasteiger partial charge in [-0.05, 0) is 25.1 Å². The van der Waals surface area contributed by atoms with Crippen molar-refractivity contribution in [1.29, 1.82) is 0 Å². The molecule has 102 valence electrons. The quantitative estimate of drug-likeness (QED) is 0.486. The van der Waals surface area contributed by atoms with Crippen LogP contribution in [0.5, 0.6) is 0 Å². The fraction of sp³-hybridized carbons (Fsp3) is 0.133. The van der Waals surface area contributed by atoms with Gasteiger partial charge in [0, 0.05) is 6.07 Å². The number of carbonyl (C=O) groups excluding carboxylic acids is 1. The predicted octanol–water partition coefficient (Wildman–Crippen LogP) is 3.26. The van der Waals surface area contributed by atoms with Gasteiger partial charge in [0.2, 0.25) is 0 Å². The summed E-state index contributed by atoms with van der Waals surface area (Å²) in [6.45, 7) is 1.80. The van der Waals surface area contributed by atoms with Crippen molar-refractivity contribution in [2.45, 2.75) is 13.5 Å². The van der Waals surface area contributed by atoms with E-state index >= 15 is 0 Å². The Morgan fingerprint density at radius 1 is 1.15 bits per heavy atom. The van der Waals surface area contributed by atoms with Gasteiger partial charge in [-0.3, -0.25) is 10.1 Å². The third-order valence-electron chi connectivity index (χ3n) is 2.83. The minimum absolute atomic E-state index is 0.0517. The molecular weight excluding hydrogens is 258 g/mol. The van der Waals surface area contributed by atoms with Crippen LogP contribution in [0.1, 0.15) is 21.5 Å². The van der Waals surface area contributed by atoms with Gasteiger partial charge >= 0.3 is 5.97 Å². The second kappa shape index (κ2) is 5.97. The number of carbonyl (C=O) groups is 1. The van der Waals surface area contributed by atoms with Crippen molar-refractivity contribution in [3.63, 3.8) is 0 Å². The summed E-state index contributed by atoms with van der Waals surface area (Å²) in [4.78, 5) is 22.2. The Bertz CT molecular complexity index is 635. The summed E-state index contributed by atoms with van der Waals surface area (Å²) >= 11 is 0. The van der Waals surface area contributed by atoms with Crippen molar-refractivity contribution in [1.82, 2.24) is 0 Å². The first-order valence-electron chi connectivity index (χ1n) is 6.04. The maximum absolute atomic E-state index is 11.8. The van der Waals surface area contributed by atoms with E-state index in [2.05, 4.69) is 0 Å². The van der Waals surface area contributed by atoms with E-state index in [0.717, 1.165) is 5.56 Å². The van der Waals surface area contributed by atoms with Crippen molar-refractivity contribution in [3.05, 3.63) is 75.3 Å². The fourth-order valence-electron chi connectivity index (χ4n) is 1.73. The van der Waals surface area contributed by atoms with E-state index in [1.54, 1.807) is 30.3 Å². The molecule has 0 aliphatic carbocycles. The molecule has 0 saturated heterocycles. The minimum atomic E-state index is -0.497. The summed E-state index contributed by atoms with van der Waals surface area (Å²) in [6.07, 6.45) is 0. The first-order chi connectivity index (χ1) is 9.58. The third kappa shape index (κ3) is 3.20. The highest BCUT2D eigenvalue weighted by Gasteiger charge is 2.14. The van der Waals surface area contributed by atoms with Crippen LogP contribution in [-0.4, -0.2) is 10.9 Å². The molecule has 0 radical (unpaired) electrons. The minimum Gasteiger partial charge on any atom is -0.457 e. The van der Waals surface area contributed by atoms with Gasteiger partial charge in [0.15, 0.2) is 0 Å². The predicted molar refractivity (Wildman–Crippen MR) is 73.4 cm³/mol. The van der Waals surface area contributed by atoms with Crippen LogP contribution < -0.4 is 0 Å². The topological polar surface area (TPSA) is 69.4 Å². The van der Waals surface area contributed by atoms with E-state index in [1.165, 1.54) is 6.07 Å². The van der Waals surface area contributed by atoms with Gasteiger partial charge in [-0.2, -0.15) is 0 Å². The van der Waals surface area contributed by atoms with E-state index in [4.69, 9.17) is 4.74 Å². The van der Waals surface area contributed by atoms with Gasteiger partial charge in [-0.1, -0.05) is 29.8 Å². The molecule has 0 amide bonds. The van der Waals surface area contributed by atoms with Crippen LogP contribution in [-0.2, 0) is 11.3 Å². The number of rotatable bonds is 4. The Kier molecular flexibility index (Phi) is 4.10. The van der Waals surface area contributed by atoms with E-state index in [9.17, 15) is 14.9 Å². The molecule has 0 unspecified atom stereocenters. The molecule has 0 aliphatic rings. The largest absolute Gasteiger partial charge is 0.457 e. The molecule has 5 heteroatoms. The van der Waals surface area contributed by atoms with Crippen molar-refractivity contribution in [2.75, 3.05) is 0 Å². The smallest absolute Gasteiger partial charge is 0.338 e. The summed E-state index contributed by atoms with van der Waals surface area (Å²) in [5.41, 5.74) is 1.79. The van der Waals surface area contributed by atoms with E-state index in [-0.39, 0.29) is 12.3 Å². The van der Waals surface area contributed by atoms with Crippen molar-refractivity contribution < 1.29 is 14.5 Å². The number of nitrogens with zero attached hydrogens (tertiary/aromatic N) is 1. The molecule has 20 heavy (non-hydrogen) atoms. The molecule has 0 fully saturated rings. The summed E-state index contributed by atoms with van der Waals surface area (Å²) in [6, 6.07) is 13.1. The van der Waals surface area contributed by atoms with Crippen LogP contribution in [0.25, 0.3) is 0 Å². The molecule has 0 spiro atoms. The maximum atomic E-state index is 11.8. The number of hydrogen-bond acceptors (Lipinski definition) is 4. The van der Waals surface area contributed by atoms with Crippen LogP contribution in [0.3, 0.4) is 0 Å². The summed E-state index contributed by atoms with van der Waals surface area (Å²) in [7, 11) is 0. The normalized spacial score (nSPS) is 10.1. The Labute approximate surface area is 116 Å². The molecule has 2 aromatic rings. The third-order valence-corrected chi connectivity index (χ3v) is 2.83. The van der Waals surface area contributed by atoms with Gasteiger partial charge in [0.1, 0.15) is 6.61 Å². The lowest BCUT2D eigenvalue weighted by atomic mass is 10.1. The van der Waals surface area contributed by atoms with Crippen LogP contribution in [0.2, 0.25) is 0 Å². The summed E-state index contributed by atoms with van der Waals surface area (Å²) in [5.74, 6) is -0.497. The molecule has 2 aromatic carbocycles. The molecular formula is C15H13NO4. The Morgan fingerprint density at radius 2 is 1.80 bits per heavy atom. The molecule has 0 bridgehead atoms. The molecule has 0 saturated carbocycles. The number of hydrogen-bond donors (Lipinski definition) is 0. The summed E-state index contributed by atoms with van der Waals surface area (Å²) < 4.78 is 5.10. The highest BCUT2D eigenvalue weighted by Crippen LogP contribution is 2.19. The number of ether oxygens (including phenoxy) is 1. The van der Waals surface area contributed by atoms with E-state index in [1.807, 2.05) is 19.1 Å². The van der Waals surface area contributed by atoms with Gasteiger partial charge < -0.3 is 4.74 Å². The number of para-hydroxylation sites is 1. The number of benzene rings is 2. The zero-order valence-electron chi connectivity index (χ0n) is 10.9. The van der Waals surface area contributed by atoms with Crippen LogP contribution in [0.4, 0.5) is 5.69 Å². The molecule has 0 atom stereocenters. The van der Waals surface area contributed by atoms with Crippen LogP contribution in [0, 0.1) is 17.0 Å². The van der Waals surface area contributed by atoms with Crippen LogP contribution in [0.15, 0.2) is 48.5 Å². The Balaban J connectivity index is 2.07. The molecule has 2 rings (SSSR count). The Hall–Kier alpha value is -2.69. The molecule has 0 heterocycles. The number of nitro groups is 1. The van der Waals surface area contributed by atoms with E-state index < -0.39 is 10.9 Å². The zero-order valence-corrected chi connectivity index (χ0v) is 10.9. The highest BCUT2D eigenvalue weighted by molar-refractivity contribution is 5.89. The lowest BCUT2D eigenvalue weighted by molar-refractivity contribution is -0.385. The fourth-order valence-corrected chi connectivity index (χ4v) is 1.73. The van der Waals surface area contributed by atoms with Gasteiger partial charge in [-0.15, -0.1) is 0 Å². The molecule has 0 aromatic heterocycles. The second-order valence-corrected chi connectivity index (χ2v) is 4.33. The monoisotopic (exact) mass is 271 g/mol. The lowest BCUT2D eigenvalue weighted by Crippen LogP contribution is -2.06. The van der Waals surface area contributed by atoms with Gasteiger partial charge in [0.05, 0.1) is 16.1 Å².